The molecule has 62 heavy (non-hydrogen) atoms. The van der Waals surface area contributed by atoms with E-state index in [1.807, 2.05) is 0 Å². The van der Waals surface area contributed by atoms with E-state index in [1.54, 1.807) is 0 Å². The van der Waals surface area contributed by atoms with Crippen LogP contribution in [0.15, 0.2) is 69.9 Å². The fourth-order valence-electron chi connectivity index (χ4n) is 8.27. The molecule has 6 heteroatoms. The molecule has 0 aromatic rings. The average molecular weight is 895 g/mol. The molecule has 0 amide bonds. The van der Waals surface area contributed by atoms with Gasteiger partial charge in [0, 0.05) is 0 Å². The molecule has 0 aliphatic heterocycles. The van der Waals surface area contributed by atoms with Gasteiger partial charge < -0.3 is 9.47 Å². The minimum atomic E-state index is 0.0254. The fourth-order valence-corrected chi connectivity index (χ4v) is 10.3. The first kappa shape index (κ1) is 56.2. The van der Waals surface area contributed by atoms with Crippen LogP contribution in [-0.2, 0) is 19.1 Å². The Labute approximate surface area is 391 Å². The fraction of sp³-hybridized carbons (Fsp3) is 0.750. The van der Waals surface area contributed by atoms with Crippen molar-refractivity contribution in [3.05, 3.63) is 69.9 Å². The molecule has 4 nitrogen and oxygen atoms in total. The summed E-state index contributed by atoms with van der Waals surface area (Å²) < 4.78 is 11.3. The number of allylic oxidation sites excluding steroid dienone is 12. The summed E-state index contributed by atoms with van der Waals surface area (Å²) in [6, 6.07) is 0. The number of thioether (sulfide) groups is 2. The van der Waals surface area contributed by atoms with E-state index in [4.69, 9.17) is 9.47 Å². The van der Waals surface area contributed by atoms with E-state index in [1.165, 1.54) is 121 Å². The lowest BCUT2D eigenvalue weighted by atomic mass is 9.87. The zero-order valence-electron chi connectivity index (χ0n) is 41.1. The van der Waals surface area contributed by atoms with Crippen LogP contribution < -0.4 is 0 Å². The topological polar surface area (TPSA) is 52.6 Å². The van der Waals surface area contributed by atoms with Crippen molar-refractivity contribution in [2.24, 2.45) is 11.8 Å². The van der Waals surface area contributed by atoms with Gasteiger partial charge in [-0.25, -0.2) is 0 Å². The number of carbonyl (C=O) groups excluding carboxylic acids is 2. The first-order chi connectivity index (χ1) is 30.1. The van der Waals surface area contributed by atoms with Crippen molar-refractivity contribution in [2.45, 2.75) is 221 Å². The number of carbonyl (C=O) groups is 2. The van der Waals surface area contributed by atoms with Crippen LogP contribution in [0.1, 0.15) is 221 Å². The normalized spacial score (nSPS) is 17.0. The lowest BCUT2D eigenvalue weighted by Crippen LogP contribution is -2.20. The summed E-state index contributed by atoms with van der Waals surface area (Å²) in [6.07, 6.45) is 46.5. The largest absolute Gasteiger partial charge is 0.465 e. The Morgan fingerprint density at radius 1 is 0.500 bits per heavy atom. The second-order valence-electron chi connectivity index (χ2n) is 19.0. The lowest BCUT2D eigenvalue weighted by molar-refractivity contribution is -0.149. The highest BCUT2D eigenvalue weighted by molar-refractivity contribution is 7.99. The molecule has 0 N–H and O–H groups in total. The first-order valence-corrected chi connectivity index (χ1v) is 27.9. The Hall–Kier alpha value is -1.92. The van der Waals surface area contributed by atoms with Crippen molar-refractivity contribution < 1.29 is 19.1 Å². The second-order valence-corrected chi connectivity index (χ2v) is 21.4. The summed E-state index contributed by atoms with van der Waals surface area (Å²) >= 11 is 4.24. The summed E-state index contributed by atoms with van der Waals surface area (Å²) in [5, 5.41) is 0. The number of rotatable bonds is 37. The molecule has 0 radical (unpaired) electrons. The van der Waals surface area contributed by atoms with Gasteiger partial charge in [-0.05, 0) is 193 Å². The predicted molar refractivity (Wildman–Crippen MR) is 275 cm³/mol. The number of hydrogen-bond donors (Lipinski definition) is 0. The van der Waals surface area contributed by atoms with Crippen molar-refractivity contribution in [1.29, 1.82) is 0 Å². The van der Waals surface area contributed by atoms with Gasteiger partial charge in [-0.3, -0.25) is 9.59 Å². The summed E-state index contributed by atoms with van der Waals surface area (Å²) in [7, 11) is 0. The minimum Gasteiger partial charge on any atom is -0.465 e. The molecule has 0 saturated heterocycles. The van der Waals surface area contributed by atoms with Crippen molar-refractivity contribution >= 4 is 35.5 Å². The molecule has 0 heterocycles. The van der Waals surface area contributed by atoms with Crippen LogP contribution in [-0.4, -0.2) is 48.2 Å². The van der Waals surface area contributed by atoms with Crippen LogP contribution in [0, 0.1) is 11.8 Å². The maximum atomic E-state index is 12.6. The lowest BCUT2D eigenvalue weighted by Gasteiger charge is -2.20. The molecule has 0 saturated carbocycles. The molecule has 0 aromatic heterocycles. The third-order valence-corrected chi connectivity index (χ3v) is 14.8. The van der Waals surface area contributed by atoms with Gasteiger partial charge in [0.05, 0.1) is 25.0 Å². The highest BCUT2D eigenvalue weighted by Crippen LogP contribution is 2.29. The van der Waals surface area contributed by atoms with Crippen molar-refractivity contribution in [1.82, 2.24) is 0 Å². The molecule has 0 aromatic carbocycles. The summed E-state index contributed by atoms with van der Waals surface area (Å²) in [5.41, 5.74) is 8.82. The molecule has 2 unspecified atom stereocenters. The number of hydrogen-bond acceptors (Lipinski definition) is 6. The highest BCUT2D eigenvalue weighted by Gasteiger charge is 2.23. The Morgan fingerprint density at radius 3 is 1.19 bits per heavy atom. The number of unbranched alkanes of at least 4 members (excludes halogenated alkanes) is 11. The van der Waals surface area contributed by atoms with Crippen molar-refractivity contribution in [2.75, 3.05) is 36.2 Å². The second kappa shape index (κ2) is 38.4. The molecular weight excluding hydrogens is 801 g/mol. The number of esters is 2. The van der Waals surface area contributed by atoms with Crippen LogP contribution in [0.25, 0.3) is 0 Å². The van der Waals surface area contributed by atoms with Gasteiger partial charge in [0.1, 0.15) is 0 Å². The third kappa shape index (κ3) is 31.9. The van der Waals surface area contributed by atoms with E-state index in [0.717, 1.165) is 116 Å². The molecular formula is C56H94O4S2. The molecule has 2 rings (SSSR count). The van der Waals surface area contributed by atoms with Crippen LogP contribution in [0.3, 0.4) is 0 Å². The third-order valence-electron chi connectivity index (χ3n) is 12.5. The molecule has 2 atom stereocenters. The van der Waals surface area contributed by atoms with Gasteiger partial charge in [-0.1, -0.05) is 121 Å². The van der Waals surface area contributed by atoms with E-state index in [2.05, 4.69) is 102 Å². The van der Waals surface area contributed by atoms with E-state index < -0.39 is 0 Å². The van der Waals surface area contributed by atoms with Gasteiger partial charge in [-0.2, -0.15) is 23.5 Å². The van der Waals surface area contributed by atoms with Crippen LogP contribution >= 0.6 is 23.5 Å². The molecule has 0 fully saturated rings. The zero-order valence-corrected chi connectivity index (χ0v) is 42.7. The predicted octanol–water partition coefficient (Wildman–Crippen LogP) is 17.4. The maximum Gasteiger partial charge on any atom is 0.309 e. The highest BCUT2D eigenvalue weighted by atomic mass is 32.2. The number of ether oxygens (including phenoxy) is 2. The van der Waals surface area contributed by atoms with Crippen LogP contribution in [0.5, 0.6) is 0 Å². The monoisotopic (exact) mass is 895 g/mol. The van der Waals surface area contributed by atoms with Crippen LogP contribution in [0.2, 0.25) is 0 Å². The summed E-state index contributed by atoms with van der Waals surface area (Å²) in [4.78, 5) is 25.2. The average Bonchev–Trinajstić information content (AvgIpc) is 3.25. The first-order valence-electron chi connectivity index (χ1n) is 25.6. The smallest absolute Gasteiger partial charge is 0.309 e. The molecule has 2 aliphatic rings. The summed E-state index contributed by atoms with van der Waals surface area (Å²) in [6.45, 7) is 14.3. The Bertz CT molecular complexity index is 1270. The van der Waals surface area contributed by atoms with Gasteiger partial charge in [0.2, 0.25) is 0 Å². The van der Waals surface area contributed by atoms with E-state index in [0.29, 0.717) is 13.2 Å². The molecule has 354 valence electrons. The quantitative estimate of drug-likeness (QED) is 0.0352. The van der Waals surface area contributed by atoms with Gasteiger partial charge >= 0.3 is 11.9 Å². The van der Waals surface area contributed by atoms with E-state index in [-0.39, 0.29) is 23.8 Å². The van der Waals surface area contributed by atoms with Gasteiger partial charge in [-0.15, -0.1) is 0 Å². The van der Waals surface area contributed by atoms with Gasteiger partial charge in [0.15, 0.2) is 0 Å². The van der Waals surface area contributed by atoms with E-state index in [9.17, 15) is 9.59 Å². The Kier molecular flexibility index (Phi) is 34.8. The van der Waals surface area contributed by atoms with Gasteiger partial charge in [0.25, 0.3) is 0 Å². The molecule has 0 spiro atoms. The molecule has 0 bridgehead atoms. The minimum absolute atomic E-state index is 0.0254. The maximum absolute atomic E-state index is 12.6. The Morgan fingerprint density at radius 2 is 0.855 bits per heavy atom. The zero-order chi connectivity index (χ0) is 44.9. The van der Waals surface area contributed by atoms with Crippen molar-refractivity contribution in [3.8, 4) is 0 Å². The van der Waals surface area contributed by atoms with Crippen molar-refractivity contribution in [3.63, 3.8) is 0 Å². The SMILES string of the molecule is CC(C)=CCC/C(C)=C/CCC1=CCC(C(=O)OCCCCCCSCCCCCCCCSCCCCCCOC(=O)C2CC=C(CC/C=C(\C)CCC=C(C)C)CC2)CC1. The summed E-state index contributed by atoms with van der Waals surface area (Å²) in [5.74, 6) is 5.31. The molecule has 2 aliphatic carbocycles. The van der Waals surface area contributed by atoms with Crippen LogP contribution in [0.4, 0.5) is 0 Å². The van der Waals surface area contributed by atoms with E-state index >= 15 is 0 Å². The standard InChI is InChI=1S/C56H94O4S2/c1-47(2)25-21-27-49(5)29-23-31-51-33-37-53(38-34-51)55(57)59-41-15-9-13-19-45-61-43-17-11-7-8-12-18-44-62-46-20-14-10-16-42-60-56(58)54-39-35-52(36-40-54)32-24-30-50(6)28-22-26-48(3)4/h25-26,29-30,33,35,53-54H,7-24,27-28,31-32,34,36-46H2,1-6H3/b49-29+,50-30+. The Balaban J connectivity index is 1.27.